The lowest BCUT2D eigenvalue weighted by molar-refractivity contribution is 0.0477. The van der Waals surface area contributed by atoms with Gasteiger partial charge < -0.3 is 14.8 Å². The molecular formula is C15H20INO3. The highest BCUT2D eigenvalue weighted by atomic mass is 127. The van der Waals surface area contributed by atoms with Crippen molar-refractivity contribution in [3.8, 4) is 5.75 Å². The van der Waals surface area contributed by atoms with E-state index in [2.05, 4.69) is 27.9 Å². The van der Waals surface area contributed by atoms with Gasteiger partial charge in [-0.3, -0.25) is 0 Å². The highest BCUT2D eigenvalue weighted by Gasteiger charge is 2.46. The molecule has 1 amide bonds. The zero-order valence-electron chi connectivity index (χ0n) is 12.0. The molecule has 0 radical (unpaired) electrons. The van der Waals surface area contributed by atoms with Gasteiger partial charge in [-0.15, -0.1) is 0 Å². The third-order valence-electron chi connectivity index (χ3n) is 2.95. The van der Waals surface area contributed by atoms with Crippen LogP contribution in [0.4, 0.5) is 4.79 Å². The van der Waals surface area contributed by atoms with Crippen LogP contribution in [0, 0.1) is 3.57 Å². The van der Waals surface area contributed by atoms with Crippen molar-refractivity contribution < 1.29 is 14.3 Å². The molecule has 1 aromatic carbocycles. The summed E-state index contributed by atoms with van der Waals surface area (Å²) in [4.78, 5) is 11.8. The SMILES string of the molecule is CC(C)(C)OC(=O)NC1(COc2ccc(I)cc2)CC1. The lowest BCUT2D eigenvalue weighted by atomic mass is 10.2. The van der Waals surface area contributed by atoms with Crippen LogP contribution in [0.2, 0.25) is 0 Å². The largest absolute Gasteiger partial charge is 0.491 e. The van der Waals surface area contributed by atoms with Crippen molar-refractivity contribution >= 4 is 28.7 Å². The number of amides is 1. The quantitative estimate of drug-likeness (QED) is 0.799. The maximum atomic E-state index is 11.8. The van der Waals surface area contributed by atoms with Crippen molar-refractivity contribution in [2.45, 2.75) is 44.8 Å². The molecule has 1 N–H and O–H groups in total. The summed E-state index contributed by atoms with van der Waals surface area (Å²) in [5.74, 6) is 0.822. The van der Waals surface area contributed by atoms with Crippen molar-refractivity contribution in [2.24, 2.45) is 0 Å². The second kappa shape index (κ2) is 5.79. The summed E-state index contributed by atoms with van der Waals surface area (Å²) in [5.41, 5.74) is -0.734. The fourth-order valence-corrected chi connectivity index (χ4v) is 2.09. The van der Waals surface area contributed by atoms with Crippen LogP contribution in [0.3, 0.4) is 0 Å². The summed E-state index contributed by atoms with van der Waals surface area (Å²) in [6, 6.07) is 7.87. The Balaban J connectivity index is 1.83. The number of nitrogens with one attached hydrogen (secondary N) is 1. The van der Waals surface area contributed by atoms with Crippen LogP contribution in [0.25, 0.3) is 0 Å². The Kier molecular flexibility index (Phi) is 4.46. The van der Waals surface area contributed by atoms with E-state index >= 15 is 0 Å². The van der Waals surface area contributed by atoms with Gasteiger partial charge in [0.2, 0.25) is 0 Å². The van der Waals surface area contributed by atoms with Crippen molar-refractivity contribution in [1.82, 2.24) is 5.32 Å². The molecular weight excluding hydrogens is 369 g/mol. The third-order valence-corrected chi connectivity index (χ3v) is 3.67. The van der Waals surface area contributed by atoms with Gasteiger partial charge >= 0.3 is 6.09 Å². The molecule has 0 spiro atoms. The van der Waals surface area contributed by atoms with E-state index in [1.165, 1.54) is 3.57 Å². The molecule has 4 nitrogen and oxygen atoms in total. The van der Waals surface area contributed by atoms with Crippen LogP contribution in [-0.2, 0) is 4.74 Å². The Labute approximate surface area is 133 Å². The molecule has 1 fully saturated rings. The van der Waals surface area contributed by atoms with Gasteiger partial charge in [-0.25, -0.2) is 4.79 Å². The monoisotopic (exact) mass is 389 g/mol. The van der Waals surface area contributed by atoms with Gasteiger partial charge in [0.05, 0.1) is 5.54 Å². The Morgan fingerprint density at radius 2 is 1.90 bits per heavy atom. The van der Waals surface area contributed by atoms with Crippen LogP contribution in [0.1, 0.15) is 33.6 Å². The van der Waals surface area contributed by atoms with Crippen LogP contribution in [0.5, 0.6) is 5.75 Å². The average molecular weight is 389 g/mol. The van der Waals surface area contributed by atoms with Crippen molar-refractivity contribution in [3.63, 3.8) is 0 Å². The molecule has 1 aromatic rings. The molecule has 1 aliphatic rings. The van der Waals surface area contributed by atoms with Crippen molar-refractivity contribution in [3.05, 3.63) is 27.8 Å². The smallest absolute Gasteiger partial charge is 0.408 e. The number of alkyl carbamates (subject to hydrolysis) is 1. The van der Waals surface area contributed by atoms with E-state index in [-0.39, 0.29) is 11.6 Å². The number of hydrogen-bond acceptors (Lipinski definition) is 3. The van der Waals surface area contributed by atoms with E-state index in [0.717, 1.165) is 18.6 Å². The van der Waals surface area contributed by atoms with E-state index in [4.69, 9.17) is 9.47 Å². The minimum absolute atomic E-state index is 0.259. The molecule has 0 heterocycles. The molecule has 0 aliphatic heterocycles. The van der Waals surface area contributed by atoms with Gasteiger partial charge in [0, 0.05) is 3.57 Å². The molecule has 1 saturated carbocycles. The van der Waals surface area contributed by atoms with Gasteiger partial charge in [-0.05, 0) is 80.5 Å². The van der Waals surface area contributed by atoms with Crippen LogP contribution >= 0.6 is 22.6 Å². The zero-order chi connectivity index (χ0) is 14.8. The van der Waals surface area contributed by atoms with E-state index < -0.39 is 5.60 Å². The minimum Gasteiger partial charge on any atom is -0.491 e. The predicted octanol–water partition coefficient (Wildman–Crippen LogP) is 3.73. The average Bonchev–Trinajstić information content (AvgIpc) is 3.06. The maximum Gasteiger partial charge on any atom is 0.408 e. The standard InChI is InChI=1S/C15H20INO3/c1-14(2,3)20-13(18)17-15(8-9-15)10-19-12-6-4-11(16)5-7-12/h4-7H,8-10H2,1-3H3,(H,17,18). The Morgan fingerprint density at radius 3 is 2.40 bits per heavy atom. The summed E-state index contributed by atoms with van der Waals surface area (Å²) in [5, 5.41) is 2.92. The second-order valence-corrected chi connectivity index (χ2v) is 7.40. The number of halogens is 1. The van der Waals surface area contributed by atoms with Crippen LogP contribution < -0.4 is 10.1 Å². The third kappa shape index (κ3) is 4.85. The molecule has 1 aliphatic carbocycles. The van der Waals surface area contributed by atoms with E-state index in [1.807, 2.05) is 45.0 Å². The summed E-state index contributed by atoms with van der Waals surface area (Å²) < 4.78 is 12.2. The number of rotatable bonds is 4. The number of ether oxygens (including phenoxy) is 2. The summed E-state index contributed by atoms with van der Waals surface area (Å²) in [7, 11) is 0. The summed E-state index contributed by atoms with van der Waals surface area (Å²) in [6.07, 6.45) is 1.48. The Hall–Kier alpha value is -0.980. The van der Waals surface area contributed by atoms with Gasteiger partial charge in [-0.1, -0.05) is 0 Å². The fourth-order valence-electron chi connectivity index (χ4n) is 1.73. The van der Waals surface area contributed by atoms with E-state index in [1.54, 1.807) is 0 Å². The second-order valence-electron chi connectivity index (χ2n) is 6.15. The van der Waals surface area contributed by atoms with Crippen molar-refractivity contribution in [1.29, 1.82) is 0 Å². The number of carbonyl (C=O) groups excluding carboxylic acids is 1. The molecule has 0 atom stereocenters. The number of benzene rings is 1. The first kappa shape index (κ1) is 15.4. The highest BCUT2D eigenvalue weighted by molar-refractivity contribution is 14.1. The summed E-state index contributed by atoms with van der Waals surface area (Å²) >= 11 is 2.25. The predicted molar refractivity (Wildman–Crippen MR) is 86.0 cm³/mol. The topological polar surface area (TPSA) is 47.6 Å². The molecule has 5 heteroatoms. The van der Waals surface area contributed by atoms with Gasteiger partial charge in [0.25, 0.3) is 0 Å². The Bertz CT molecular complexity index is 475. The van der Waals surface area contributed by atoms with Crippen LogP contribution in [-0.4, -0.2) is 23.8 Å². The summed E-state index contributed by atoms with van der Waals surface area (Å²) in [6.45, 7) is 6.05. The normalized spacial score (nSPS) is 16.4. The molecule has 0 bridgehead atoms. The number of hydrogen-bond donors (Lipinski definition) is 1. The molecule has 0 unspecified atom stereocenters. The highest BCUT2D eigenvalue weighted by Crippen LogP contribution is 2.36. The molecule has 20 heavy (non-hydrogen) atoms. The van der Waals surface area contributed by atoms with E-state index in [9.17, 15) is 4.79 Å². The Morgan fingerprint density at radius 1 is 1.30 bits per heavy atom. The van der Waals surface area contributed by atoms with Gasteiger partial charge in [0.1, 0.15) is 18.0 Å². The first-order valence-electron chi connectivity index (χ1n) is 6.68. The molecule has 0 aromatic heterocycles. The lowest BCUT2D eigenvalue weighted by Gasteiger charge is -2.23. The first-order chi connectivity index (χ1) is 9.28. The molecule has 2 rings (SSSR count). The number of carbonyl (C=O) groups is 1. The molecule has 110 valence electrons. The fraction of sp³-hybridized carbons (Fsp3) is 0.533. The van der Waals surface area contributed by atoms with Gasteiger partial charge in [0.15, 0.2) is 0 Å². The minimum atomic E-state index is -0.475. The zero-order valence-corrected chi connectivity index (χ0v) is 14.2. The maximum absolute atomic E-state index is 11.8. The molecule has 0 saturated heterocycles. The van der Waals surface area contributed by atoms with Crippen molar-refractivity contribution in [2.75, 3.05) is 6.61 Å². The lowest BCUT2D eigenvalue weighted by Crippen LogP contribution is -2.44. The van der Waals surface area contributed by atoms with Crippen LogP contribution in [0.15, 0.2) is 24.3 Å². The first-order valence-corrected chi connectivity index (χ1v) is 7.75. The van der Waals surface area contributed by atoms with E-state index in [0.29, 0.717) is 6.61 Å². The van der Waals surface area contributed by atoms with Gasteiger partial charge in [-0.2, -0.15) is 0 Å².